The molecular weight excluding hydrogens is 252 g/mol. The molecule has 0 saturated carbocycles. The number of pyridine rings is 1. The minimum atomic E-state index is -0.958. The lowest BCUT2D eigenvalue weighted by Gasteiger charge is -2.03. The highest BCUT2D eigenvalue weighted by atomic mass is 32.2. The van der Waals surface area contributed by atoms with Gasteiger partial charge in [-0.1, -0.05) is 6.92 Å². The van der Waals surface area contributed by atoms with Crippen molar-refractivity contribution in [2.24, 2.45) is 0 Å². The fraction of sp³-hybridized carbons (Fsp3) is 0.273. The van der Waals surface area contributed by atoms with Crippen molar-refractivity contribution in [3.8, 4) is 0 Å². The Kier molecular flexibility index (Phi) is 3.61. The van der Waals surface area contributed by atoms with Crippen LogP contribution in [-0.4, -0.2) is 31.2 Å². The van der Waals surface area contributed by atoms with E-state index in [1.165, 1.54) is 17.8 Å². The third-order valence-corrected chi connectivity index (χ3v) is 3.02. The first-order valence-corrected chi connectivity index (χ1v) is 6.21. The number of carboxylic acids is 1. The van der Waals surface area contributed by atoms with Gasteiger partial charge in [0, 0.05) is 5.69 Å². The molecule has 0 amide bonds. The molecule has 2 aromatic heterocycles. The van der Waals surface area contributed by atoms with Gasteiger partial charge in [0.25, 0.3) is 0 Å². The van der Waals surface area contributed by atoms with Gasteiger partial charge in [0.15, 0.2) is 0 Å². The minimum absolute atomic E-state index is 0.233. The largest absolute Gasteiger partial charge is 0.478 e. The highest BCUT2D eigenvalue weighted by Crippen LogP contribution is 2.24. The van der Waals surface area contributed by atoms with Crippen LogP contribution >= 0.6 is 11.8 Å². The van der Waals surface area contributed by atoms with Gasteiger partial charge in [-0.2, -0.15) is 0 Å². The highest BCUT2D eigenvalue weighted by molar-refractivity contribution is 7.99. The normalized spacial score (nSPS) is 10.6. The van der Waals surface area contributed by atoms with Crippen LogP contribution in [0.2, 0.25) is 0 Å². The van der Waals surface area contributed by atoms with Gasteiger partial charge >= 0.3 is 5.97 Å². The van der Waals surface area contributed by atoms with Gasteiger partial charge < -0.3 is 5.11 Å². The second-order valence-corrected chi connectivity index (χ2v) is 4.64. The van der Waals surface area contributed by atoms with Crippen LogP contribution in [-0.2, 0) is 6.42 Å². The molecule has 7 heteroatoms. The van der Waals surface area contributed by atoms with Crippen molar-refractivity contribution in [1.82, 2.24) is 20.2 Å². The van der Waals surface area contributed by atoms with Gasteiger partial charge in [-0.05, 0) is 37.2 Å². The van der Waals surface area contributed by atoms with Gasteiger partial charge in [0.2, 0.25) is 5.16 Å². The lowest BCUT2D eigenvalue weighted by atomic mass is 10.2. The van der Waals surface area contributed by atoms with Crippen molar-refractivity contribution >= 4 is 17.7 Å². The smallest absolute Gasteiger partial charge is 0.335 e. The fourth-order valence-corrected chi connectivity index (χ4v) is 2.19. The monoisotopic (exact) mass is 264 g/mol. The Bertz CT molecular complexity index is 582. The van der Waals surface area contributed by atoms with E-state index in [1.807, 2.05) is 6.92 Å². The van der Waals surface area contributed by atoms with E-state index in [9.17, 15) is 4.79 Å². The SMILES string of the molecule is CCc1cc(C(=O)O)cc(Sc2n[nH]c(C)n2)n1. The summed E-state index contributed by atoms with van der Waals surface area (Å²) >= 11 is 1.24. The maximum atomic E-state index is 11.0. The van der Waals surface area contributed by atoms with Gasteiger partial charge in [-0.3, -0.25) is 5.10 Å². The van der Waals surface area contributed by atoms with E-state index in [-0.39, 0.29) is 5.56 Å². The third kappa shape index (κ3) is 2.86. The van der Waals surface area contributed by atoms with Crippen LogP contribution in [0.5, 0.6) is 0 Å². The predicted octanol–water partition coefficient (Wildman–Crippen LogP) is 1.92. The zero-order chi connectivity index (χ0) is 13.1. The third-order valence-electron chi connectivity index (χ3n) is 2.24. The molecular formula is C11H12N4O2S. The van der Waals surface area contributed by atoms with Crippen LogP contribution < -0.4 is 0 Å². The Balaban J connectivity index is 2.32. The molecule has 0 aromatic carbocycles. The quantitative estimate of drug-likeness (QED) is 0.876. The average Bonchev–Trinajstić information content (AvgIpc) is 2.74. The standard InChI is InChI=1S/C11H12N4O2S/c1-3-8-4-7(10(16)17)5-9(13-8)18-11-12-6(2)14-15-11/h4-5H,3H2,1-2H3,(H,16,17)(H,12,14,15). The molecule has 2 N–H and O–H groups in total. The predicted molar refractivity (Wildman–Crippen MR) is 65.8 cm³/mol. The summed E-state index contributed by atoms with van der Waals surface area (Å²) in [5.74, 6) is -0.247. The fourth-order valence-electron chi connectivity index (χ4n) is 1.38. The van der Waals surface area contributed by atoms with Crippen molar-refractivity contribution in [1.29, 1.82) is 0 Å². The number of H-pyrrole nitrogens is 1. The number of nitrogens with zero attached hydrogens (tertiary/aromatic N) is 3. The molecule has 2 aromatic rings. The van der Waals surface area contributed by atoms with Crippen molar-refractivity contribution in [2.75, 3.05) is 0 Å². The Morgan fingerprint density at radius 1 is 1.44 bits per heavy atom. The second-order valence-electron chi connectivity index (χ2n) is 3.65. The summed E-state index contributed by atoms with van der Waals surface area (Å²) in [7, 11) is 0. The van der Waals surface area contributed by atoms with E-state index < -0.39 is 5.97 Å². The average molecular weight is 264 g/mol. The van der Waals surface area contributed by atoms with Crippen LogP contribution in [0.1, 0.15) is 28.8 Å². The molecule has 0 unspecified atom stereocenters. The molecule has 0 radical (unpaired) electrons. The van der Waals surface area contributed by atoms with E-state index in [1.54, 1.807) is 13.0 Å². The Morgan fingerprint density at radius 2 is 2.22 bits per heavy atom. The van der Waals surface area contributed by atoms with E-state index >= 15 is 0 Å². The molecule has 2 heterocycles. The van der Waals surface area contributed by atoms with E-state index in [0.29, 0.717) is 22.4 Å². The molecule has 0 aliphatic carbocycles. The first-order valence-electron chi connectivity index (χ1n) is 5.39. The number of rotatable bonds is 4. The summed E-state index contributed by atoms with van der Waals surface area (Å²) in [5, 5.41) is 16.9. The first-order chi connectivity index (χ1) is 8.58. The van der Waals surface area contributed by atoms with Gasteiger partial charge in [0.05, 0.1) is 5.56 Å². The molecule has 0 spiro atoms. The zero-order valence-electron chi connectivity index (χ0n) is 9.97. The molecule has 6 nitrogen and oxygen atoms in total. The van der Waals surface area contributed by atoms with Gasteiger partial charge in [-0.25, -0.2) is 14.8 Å². The first kappa shape index (κ1) is 12.6. The van der Waals surface area contributed by atoms with Gasteiger partial charge in [-0.15, -0.1) is 5.10 Å². The summed E-state index contributed by atoms with van der Waals surface area (Å²) < 4.78 is 0. The molecule has 0 bridgehead atoms. The Hall–Kier alpha value is -1.89. The highest BCUT2D eigenvalue weighted by Gasteiger charge is 2.10. The minimum Gasteiger partial charge on any atom is -0.478 e. The molecule has 94 valence electrons. The number of aromatic nitrogens is 4. The second kappa shape index (κ2) is 5.18. The number of aryl methyl sites for hydroxylation is 2. The number of carbonyl (C=O) groups is 1. The summed E-state index contributed by atoms with van der Waals surface area (Å²) in [6, 6.07) is 3.10. The van der Waals surface area contributed by atoms with E-state index in [4.69, 9.17) is 5.11 Å². The van der Waals surface area contributed by atoms with Crippen molar-refractivity contribution < 1.29 is 9.90 Å². The molecule has 0 atom stereocenters. The molecule has 0 aliphatic heterocycles. The molecule has 0 aliphatic rings. The number of aromatic carboxylic acids is 1. The van der Waals surface area contributed by atoms with Crippen LogP contribution in [0, 0.1) is 6.92 Å². The van der Waals surface area contributed by atoms with Crippen LogP contribution in [0.15, 0.2) is 22.3 Å². The summed E-state index contributed by atoms with van der Waals surface area (Å²) in [4.78, 5) is 19.5. The van der Waals surface area contributed by atoms with Crippen molar-refractivity contribution in [3.05, 3.63) is 29.2 Å². The molecule has 0 saturated heterocycles. The summed E-state index contributed by atoms with van der Waals surface area (Å²) in [6.07, 6.45) is 0.682. The van der Waals surface area contributed by atoms with Crippen LogP contribution in [0.3, 0.4) is 0 Å². The Labute approximate surface area is 108 Å². The van der Waals surface area contributed by atoms with Crippen LogP contribution in [0.4, 0.5) is 0 Å². The van der Waals surface area contributed by atoms with E-state index in [0.717, 1.165) is 5.69 Å². The maximum Gasteiger partial charge on any atom is 0.335 e. The number of aromatic amines is 1. The molecule has 2 rings (SSSR count). The number of nitrogens with one attached hydrogen (secondary N) is 1. The molecule has 18 heavy (non-hydrogen) atoms. The maximum absolute atomic E-state index is 11.0. The van der Waals surface area contributed by atoms with Crippen molar-refractivity contribution in [3.63, 3.8) is 0 Å². The summed E-state index contributed by atoms with van der Waals surface area (Å²) in [6.45, 7) is 3.73. The lowest BCUT2D eigenvalue weighted by molar-refractivity contribution is 0.0696. The Morgan fingerprint density at radius 3 is 2.78 bits per heavy atom. The topological polar surface area (TPSA) is 91.8 Å². The summed E-state index contributed by atoms with van der Waals surface area (Å²) in [5.41, 5.74) is 0.973. The van der Waals surface area contributed by atoms with Crippen LogP contribution in [0.25, 0.3) is 0 Å². The zero-order valence-corrected chi connectivity index (χ0v) is 10.8. The molecule has 0 fully saturated rings. The number of hydrogen-bond donors (Lipinski definition) is 2. The van der Waals surface area contributed by atoms with Crippen molar-refractivity contribution in [2.45, 2.75) is 30.5 Å². The number of carboxylic acid groups (broad SMARTS) is 1. The van der Waals surface area contributed by atoms with Gasteiger partial charge in [0.1, 0.15) is 10.9 Å². The number of hydrogen-bond acceptors (Lipinski definition) is 5. The van der Waals surface area contributed by atoms with E-state index in [2.05, 4.69) is 20.2 Å². The lowest BCUT2D eigenvalue weighted by Crippen LogP contribution is -2.00.